The Kier molecular flexibility index (Phi) is 5.58. The fraction of sp³-hybridized carbons (Fsp3) is 0.368. The fourth-order valence-electron chi connectivity index (χ4n) is 3.17. The van der Waals surface area contributed by atoms with Crippen molar-refractivity contribution in [2.45, 2.75) is 24.8 Å². The van der Waals surface area contributed by atoms with Crippen LogP contribution in [0.1, 0.15) is 22.8 Å². The van der Waals surface area contributed by atoms with E-state index in [1.54, 1.807) is 32.2 Å². The third-order valence-corrected chi connectivity index (χ3v) is 6.94. The van der Waals surface area contributed by atoms with Gasteiger partial charge in [-0.15, -0.1) is 0 Å². The number of nitrogens with zero attached hydrogens (tertiary/aromatic N) is 1. The Morgan fingerprint density at radius 3 is 2.62 bits per heavy atom. The van der Waals surface area contributed by atoms with Crippen molar-refractivity contribution in [1.82, 2.24) is 4.31 Å². The number of methoxy groups -OCH3 is 1. The highest BCUT2D eigenvalue weighted by molar-refractivity contribution is 7.89. The van der Waals surface area contributed by atoms with E-state index in [-0.39, 0.29) is 12.6 Å². The summed E-state index contributed by atoms with van der Waals surface area (Å²) >= 11 is 6.25. The average molecular weight is 396 g/mol. The van der Waals surface area contributed by atoms with E-state index >= 15 is 0 Å². The summed E-state index contributed by atoms with van der Waals surface area (Å²) in [5.74, 6) is 0.678. The van der Waals surface area contributed by atoms with Crippen LogP contribution in [0.5, 0.6) is 5.75 Å². The van der Waals surface area contributed by atoms with E-state index < -0.39 is 10.0 Å². The smallest absolute Gasteiger partial charge is 0.243 e. The van der Waals surface area contributed by atoms with Crippen molar-refractivity contribution < 1.29 is 17.9 Å². The number of hydrogen-bond acceptors (Lipinski definition) is 4. The first-order valence-electron chi connectivity index (χ1n) is 8.36. The summed E-state index contributed by atoms with van der Waals surface area (Å²) in [4.78, 5) is 0.301. The SMILES string of the molecule is COc1cc(C)c(S(=O)(=O)N2CCOC(c3ccccc3Cl)C2)cc1C. The molecular formula is C19H22ClNO4S. The van der Waals surface area contributed by atoms with E-state index in [1.165, 1.54) is 4.31 Å². The number of benzene rings is 2. The molecule has 0 aliphatic carbocycles. The molecule has 7 heteroatoms. The van der Waals surface area contributed by atoms with Crippen LogP contribution in [0.15, 0.2) is 41.3 Å². The minimum atomic E-state index is -3.64. The van der Waals surface area contributed by atoms with Gasteiger partial charge in [-0.2, -0.15) is 4.31 Å². The van der Waals surface area contributed by atoms with E-state index in [4.69, 9.17) is 21.1 Å². The van der Waals surface area contributed by atoms with E-state index in [0.717, 1.165) is 11.1 Å². The van der Waals surface area contributed by atoms with Crippen molar-refractivity contribution in [2.24, 2.45) is 0 Å². The highest BCUT2D eigenvalue weighted by atomic mass is 35.5. The second-order valence-electron chi connectivity index (χ2n) is 6.33. The zero-order chi connectivity index (χ0) is 18.9. The highest BCUT2D eigenvalue weighted by Crippen LogP contribution is 2.32. The summed E-state index contributed by atoms with van der Waals surface area (Å²) in [5.41, 5.74) is 2.25. The van der Waals surface area contributed by atoms with Gasteiger partial charge in [-0.3, -0.25) is 0 Å². The molecule has 1 aliphatic rings. The third kappa shape index (κ3) is 3.60. The molecule has 1 fully saturated rings. The zero-order valence-electron chi connectivity index (χ0n) is 15.0. The van der Waals surface area contributed by atoms with Crippen LogP contribution in [0.25, 0.3) is 0 Å². The Hall–Kier alpha value is -1.60. The molecule has 0 radical (unpaired) electrons. The van der Waals surface area contributed by atoms with Gasteiger partial charge in [0.2, 0.25) is 10.0 Å². The molecule has 0 spiro atoms. The highest BCUT2D eigenvalue weighted by Gasteiger charge is 2.33. The van der Waals surface area contributed by atoms with Gasteiger partial charge >= 0.3 is 0 Å². The van der Waals surface area contributed by atoms with Gasteiger partial charge in [0.1, 0.15) is 5.75 Å². The van der Waals surface area contributed by atoms with Crippen molar-refractivity contribution in [1.29, 1.82) is 0 Å². The van der Waals surface area contributed by atoms with Crippen molar-refractivity contribution in [3.63, 3.8) is 0 Å². The molecule has 0 bridgehead atoms. The van der Waals surface area contributed by atoms with Gasteiger partial charge in [-0.25, -0.2) is 8.42 Å². The van der Waals surface area contributed by atoms with Gasteiger partial charge < -0.3 is 9.47 Å². The van der Waals surface area contributed by atoms with Crippen LogP contribution in [-0.2, 0) is 14.8 Å². The van der Waals surface area contributed by atoms with Crippen LogP contribution in [0, 0.1) is 13.8 Å². The molecule has 1 atom stereocenters. The number of aryl methyl sites for hydroxylation is 2. The van der Waals surface area contributed by atoms with E-state index in [1.807, 2.05) is 25.1 Å². The molecule has 1 aliphatic heterocycles. The molecule has 1 saturated heterocycles. The summed E-state index contributed by atoms with van der Waals surface area (Å²) in [6, 6.07) is 10.8. The second kappa shape index (κ2) is 7.56. The number of morpholine rings is 1. The monoisotopic (exact) mass is 395 g/mol. The van der Waals surface area contributed by atoms with Gasteiger partial charge in [0.25, 0.3) is 0 Å². The minimum absolute atomic E-state index is 0.233. The van der Waals surface area contributed by atoms with Crippen molar-refractivity contribution >= 4 is 21.6 Å². The van der Waals surface area contributed by atoms with Crippen molar-refractivity contribution in [2.75, 3.05) is 26.8 Å². The summed E-state index contributed by atoms with van der Waals surface area (Å²) in [7, 11) is -2.06. The molecule has 3 rings (SSSR count). The average Bonchev–Trinajstić information content (AvgIpc) is 2.63. The maximum atomic E-state index is 13.2. The molecule has 0 amide bonds. The Labute approximate surface area is 159 Å². The third-order valence-electron chi connectivity index (χ3n) is 4.59. The summed E-state index contributed by atoms with van der Waals surface area (Å²) in [6.07, 6.45) is -0.383. The maximum Gasteiger partial charge on any atom is 0.243 e. The van der Waals surface area contributed by atoms with E-state index in [0.29, 0.717) is 34.4 Å². The lowest BCUT2D eigenvalue weighted by Crippen LogP contribution is -2.42. The largest absolute Gasteiger partial charge is 0.496 e. The zero-order valence-corrected chi connectivity index (χ0v) is 16.6. The maximum absolute atomic E-state index is 13.2. The Morgan fingerprint density at radius 2 is 1.92 bits per heavy atom. The van der Waals surface area contributed by atoms with Crippen LogP contribution < -0.4 is 4.74 Å². The Morgan fingerprint density at radius 1 is 1.19 bits per heavy atom. The quantitative estimate of drug-likeness (QED) is 0.791. The molecule has 1 unspecified atom stereocenters. The van der Waals surface area contributed by atoms with Crippen LogP contribution in [-0.4, -0.2) is 39.5 Å². The number of hydrogen-bond donors (Lipinski definition) is 0. The first-order valence-corrected chi connectivity index (χ1v) is 10.2. The van der Waals surface area contributed by atoms with Crippen LogP contribution in [0.3, 0.4) is 0 Å². The standard InChI is InChI=1S/C19H22ClNO4S/c1-13-11-19(14(2)10-17(13)24-3)26(22,23)21-8-9-25-18(12-21)15-6-4-5-7-16(15)20/h4-7,10-11,18H,8-9,12H2,1-3H3. The molecule has 2 aromatic rings. The molecule has 0 aromatic heterocycles. The van der Waals surface area contributed by atoms with Gasteiger partial charge in [0.05, 0.1) is 24.7 Å². The lowest BCUT2D eigenvalue weighted by Gasteiger charge is -2.33. The molecule has 0 N–H and O–H groups in total. The molecule has 0 saturated carbocycles. The minimum Gasteiger partial charge on any atom is -0.496 e. The first-order chi connectivity index (χ1) is 12.3. The summed E-state index contributed by atoms with van der Waals surface area (Å²) in [5, 5.41) is 0.577. The number of halogens is 1. The summed E-state index contributed by atoms with van der Waals surface area (Å²) < 4.78 is 39.0. The van der Waals surface area contributed by atoms with Gasteiger partial charge in [-0.1, -0.05) is 29.8 Å². The van der Waals surface area contributed by atoms with E-state index in [2.05, 4.69) is 0 Å². The van der Waals surface area contributed by atoms with Gasteiger partial charge in [0, 0.05) is 23.7 Å². The predicted molar refractivity (Wildman–Crippen MR) is 101 cm³/mol. The fourth-order valence-corrected chi connectivity index (χ4v) is 5.14. The van der Waals surface area contributed by atoms with Gasteiger partial charge in [0.15, 0.2) is 0 Å². The van der Waals surface area contributed by atoms with E-state index in [9.17, 15) is 8.42 Å². The van der Waals surface area contributed by atoms with Gasteiger partial charge in [-0.05, 0) is 43.2 Å². The second-order valence-corrected chi connectivity index (χ2v) is 8.64. The summed E-state index contributed by atoms with van der Waals surface area (Å²) in [6.45, 7) is 4.48. The molecule has 5 nitrogen and oxygen atoms in total. The lowest BCUT2D eigenvalue weighted by atomic mass is 10.1. The Bertz CT molecular complexity index is 914. The van der Waals surface area contributed by atoms with Crippen molar-refractivity contribution in [3.05, 3.63) is 58.1 Å². The first kappa shape index (κ1) is 19.2. The normalized spacial score (nSPS) is 18.7. The predicted octanol–water partition coefficient (Wildman–Crippen LogP) is 3.73. The molecular weight excluding hydrogens is 374 g/mol. The lowest BCUT2D eigenvalue weighted by molar-refractivity contribution is -0.00251. The van der Waals surface area contributed by atoms with Crippen LogP contribution >= 0.6 is 11.6 Å². The Balaban J connectivity index is 1.93. The number of rotatable bonds is 4. The van der Waals surface area contributed by atoms with Crippen LogP contribution in [0.4, 0.5) is 0 Å². The number of sulfonamides is 1. The number of ether oxygens (including phenoxy) is 2. The molecule has 26 heavy (non-hydrogen) atoms. The topological polar surface area (TPSA) is 55.8 Å². The molecule has 1 heterocycles. The molecule has 2 aromatic carbocycles. The van der Waals surface area contributed by atoms with Crippen LogP contribution in [0.2, 0.25) is 5.02 Å². The van der Waals surface area contributed by atoms with Crippen molar-refractivity contribution in [3.8, 4) is 5.75 Å². The molecule has 140 valence electrons.